The third-order valence-corrected chi connectivity index (χ3v) is 4.85. The van der Waals surface area contributed by atoms with E-state index >= 15 is 0 Å². The average molecular weight is 400 g/mol. The van der Waals surface area contributed by atoms with Crippen molar-refractivity contribution in [3.05, 3.63) is 84.1 Å². The highest BCUT2D eigenvalue weighted by Crippen LogP contribution is 2.23. The van der Waals surface area contributed by atoms with Crippen LogP contribution in [0.3, 0.4) is 0 Å². The van der Waals surface area contributed by atoms with Crippen molar-refractivity contribution in [1.82, 2.24) is 29.9 Å². The molecule has 0 aliphatic rings. The Morgan fingerprint density at radius 3 is 2.60 bits per heavy atom. The van der Waals surface area contributed by atoms with Crippen LogP contribution >= 0.6 is 0 Å². The van der Waals surface area contributed by atoms with Crippen molar-refractivity contribution in [2.45, 2.75) is 26.8 Å². The van der Waals surface area contributed by atoms with E-state index in [1.165, 1.54) is 0 Å². The van der Waals surface area contributed by atoms with Crippen molar-refractivity contribution in [1.29, 1.82) is 0 Å². The second-order valence-corrected chi connectivity index (χ2v) is 7.17. The van der Waals surface area contributed by atoms with Crippen LogP contribution in [0.15, 0.2) is 67.1 Å². The minimum absolute atomic E-state index is 0.149. The van der Waals surface area contributed by atoms with E-state index in [1.807, 2.05) is 61.0 Å². The zero-order valence-electron chi connectivity index (χ0n) is 17.1. The van der Waals surface area contributed by atoms with Gasteiger partial charge in [-0.2, -0.15) is 10.2 Å². The number of pyridine rings is 1. The fourth-order valence-corrected chi connectivity index (χ4v) is 3.40. The van der Waals surface area contributed by atoms with Gasteiger partial charge in [-0.05, 0) is 50.6 Å². The minimum Gasteiger partial charge on any atom is -0.352 e. The van der Waals surface area contributed by atoms with Gasteiger partial charge in [-0.3, -0.25) is 14.5 Å². The van der Waals surface area contributed by atoms with E-state index in [1.54, 1.807) is 23.3 Å². The highest BCUT2D eigenvalue weighted by molar-refractivity contribution is 5.99. The summed E-state index contributed by atoms with van der Waals surface area (Å²) in [4.78, 5) is 17.1. The predicted octanol–water partition coefficient (Wildman–Crippen LogP) is 3.57. The van der Waals surface area contributed by atoms with E-state index in [0.717, 1.165) is 35.6 Å². The summed E-state index contributed by atoms with van der Waals surface area (Å²) in [5.74, 6) is -0.149. The third kappa shape index (κ3) is 4.30. The number of para-hydroxylation sites is 1. The number of carbonyl (C=O) groups excluding carboxylic acids is 1. The first-order valence-corrected chi connectivity index (χ1v) is 9.96. The maximum Gasteiger partial charge on any atom is 0.255 e. The summed E-state index contributed by atoms with van der Waals surface area (Å²) in [7, 11) is 0. The fraction of sp³-hybridized carbons (Fsp3) is 0.217. The van der Waals surface area contributed by atoms with E-state index in [9.17, 15) is 4.79 Å². The fourth-order valence-electron chi connectivity index (χ4n) is 3.40. The van der Waals surface area contributed by atoms with Gasteiger partial charge in [-0.1, -0.05) is 18.2 Å². The molecule has 0 fully saturated rings. The van der Waals surface area contributed by atoms with Gasteiger partial charge in [0.15, 0.2) is 0 Å². The summed E-state index contributed by atoms with van der Waals surface area (Å²) in [5, 5.41) is 12.1. The SMILES string of the molecule is Cc1cc(C)n(CCCNC(=O)c2cn(-c3ccccc3)nc2-c2cccnc2)n1. The van der Waals surface area contributed by atoms with Crippen LogP contribution in [0.2, 0.25) is 0 Å². The molecule has 3 heterocycles. The lowest BCUT2D eigenvalue weighted by Crippen LogP contribution is -2.25. The number of nitrogens with zero attached hydrogens (tertiary/aromatic N) is 5. The predicted molar refractivity (Wildman–Crippen MR) is 115 cm³/mol. The van der Waals surface area contributed by atoms with Crippen molar-refractivity contribution in [3.8, 4) is 16.9 Å². The standard InChI is InChI=1S/C23H24N6O/c1-17-14-18(2)28(26-17)13-7-12-25-23(30)21-16-29(20-9-4-3-5-10-20)27-22(21)19-8-6-11-24-15-19/h3-6,8-11,14-16H,7,12-13H2,1-2H3,(H,25,30). The number of aryl methyl sites for hydroxylation is 3. The molecule has 0 atom stereocenters. The molecular formula is C23H24N6O. The van der Waals surface area contributed by atoms with E-state index < -0.39 is 0 Å². The molecule has 4 rings (SSSR count). The van der Waals surface area contributed by atoms with Crippen molar-refractivity contribution >= 4 is 5.91 Å². The zero-order valence-corrected chi connectivity index (χ0v) is 17.1. The topological polar surface area (TPSA) is 77.6 Å². The lowest BCUT2D eigenvalue weighted by atomic mass is 10.1. The number of amides is 1. The number of hydrogen-bond donors (Lipinski definition) is 1. The molecule has 0 saturated heterocycles. The van der Waals surface area contributed by atoms with Gasteiger partial charge in [0.2, 0.25) is 0 Å². The molecular weight excluding hydrogens is 376 g/mol. The molecule has 0 bridgehead atoms. The summed E-state index contributed by atoms with van der Waals surface area (Å²) in [6, 6.07) is 15.5. The maximum absolute atomic E-state index is 13.0. The number of nitrogens with one attached hydrogen (secondary N) is 1. The summed E-state index contributed by atoms with van der Waals surface area (Å²) < 4.78 is 3.70. The molecule has 0 aliphatic heterocycles. The highest BCUT2D eigenvalue weighted by Gasteiger charge is 2.18. The second kappa shape index (κ2) is 8.73. The molecule has 0 saturated carbocycles. The van der Waals surface area contributed by atoms with Gasteiger partial charge in [0.1, 0.15) is 5.69 Å². The third-order valence-electron chi connectivity index (χ3n) is 4.85. The minimum atomic E-state index is -0.149. The van der Waals surface area contributed by atoms with Gasteiger partial charge in [-0.25, -0.2) is 4.68 Å². The molecule has 0 radical (unpaired) electrons. The lowest BCUT2D eigenvalue weighted by Gasteiger charge is -2.07. The molecule has 1 aromatic carbocycles. The average Bonchev–Trinajstić information content (AvgIpc) is 3.35. The quantitative estimate of drug-likeness (QED) is 0.481. The molecule has 4 aromatic rings. The van der Waals surface area contributed by atoms with Gasteiger partial charge in [-0.15, -0.1) is 0 Å². The number of carbonyl (C=O) groups is 1. The Morgan fingerprint density at radius 2 is 1.90 bits per heavy atom. The number of rotatable bonds is 7. The Hall–Kier alpha value is -3.74. The first-order valence-electron chi connectivity index (χ1n) is 9.96. The number of aromatic nitrogens is 5. The van der Waals surface area contributed by atoms with Crippen molar-refractivity contribution in [3.63, 3.8) is 0 Å². The van der Waals surface area contributed by atoms with Crippen LogP contribution in [-0.4, -0.2) is 37.0 Å². The second-order valence-electron chi connectivity index (χ2n) is 7.17. The van der Waals surface area contributed by atoms with E-state index in [0.29, 0.717) is 17.8 Å². The Labute approximate surface area is 175 Å². The molecule has 152 valence electrons. The monoisotopic (exact) mass is 400 g/mol. The van der Waals surface area contributed by atoms with Crippen molar-refractivity contribution in [2.24, 2.45) is 0 Å². The first kappa shape index (κ1) is 19.6. The largest absolute Gasteiger partial charge is 0.352 e. The molecule has 30 heavy (non-hydrogen) atoms. The van der Waals surface area contributed by atoms with Gasteiger partial charge < -0.3 is 5.32 Å². The van der Waals surface area contributed by atoms with Crippen LogP contribution in [0.25, 0.3) is 16.9 Å². The molecule has 1 amide bonds. The molecule has 0 spiro atoms. The van der Waals surface area contributed by atoms with Gasteiger partial charge >= 0.3 is 0 Å². The molecule has 3 aromatic heterocycles. The normalized spacial score (nSPS) is 10.9. The Morgan fingerprint density at radius 1 is 1.07 bits per heavy atom. The van der Waals surface area contributed by atoms with Crippen molar-refractivity contribution in [2.75, 3.05) is 6.54 Å². The smallest absolute Gasteiger partial charge is 0.255 e. The van der Waals surface area contributed by atoms with Crippen molar-refractivity contribution < 1.29 is 4.79 Å². The number of hydrogen-bond acceptors (Lipinski definition) is 4. The molecule has 1 N–H and O–H groups in total. The van der Waals surface area contributed by atoms with E-state index in [2.05, 4.69) is 26.6 Å². The van der Waals surface area contributed by atoms with Crippen LogP contribution in [0.5, 0.6) is 0 Å². The van der Waals surface area contributed by atoms with Crippen LogP contribution in [0.4, 0.5) is 0 Å². The first-order chi connectivity index (χ1) is 14.6. The molecule has 0 unspecified atom stereocenters. The Balaban J connectivity index is 1.51. The van der Waals surface area contributed by atoms with Gasteiger partial charge in [0.05, 0.1) is 16.9 Å². The van der Waals surface area contributed by atoms with E-state index in [4.69, 9.17) is 0 Å². The van der Waals surface area contributed by atoms with Crippen LogP contribution < -0.4 is 5.32 Å². The van der Waals surface area contributed by atoms with Crippen LogP contribution in [-0.2, 0) is 6.54 Å². The summed E-state index contributed by atoms with van der Waals surface area (Å²) in [6.07, 6.45) is 5.99. The molecule has 7 heteroatoms. The summed E-state index contributed by atoms with van der Waals surface area (Å²) >= 11 is 0. The molecule has 7 nitrogen and oxygen atoms in total. The van der Waals surface area contributed by atoms with Crippen LogP contribution in [0.1, 0.15) is 28.2 Å². The maximum atomic E-state index is 13.0. The lowest BCUT2D eigenvalue weighted by molar-refractivity contribution is 0.0953. The van der Waals surface area contributed by atoms with E-state index in [-0.39, 0.29) is 5.91 Å². The summed E-state index contributed by atoms with van der Waals surface area (Å²) in [5.41, 5.74) is 4.97. The zero-order chi connectivity index (χ0) is 20.9. The molecule has 0 aliphatic carbocycles. The Kier molecular flexibility index (Phi) is 5.70. The summed E-state index contributed by atoms with van der Waals surface area (Å²) in [6.45, 7) is 5.34. The Bertz CT molecular complexity index is 1130. The van der Waals surface area contributed by atoms with Crippen LogP contribution in [0, 0.1) is 13.8 Å². The number of benzene rings is 1. The van der Waals surface area contributed by atoms with Gasteiger partial charge in [0, 0.05) is 42.9 Å². The van der Waals surface area contributed by atoms with Gasteiger partial charge in [0.25, 0.3) is 5.91 Å². The highest BCUT2D eigenvalue weighted by atomic mass is 16.1.